The van der Waals surface area contributed by atoms with Gasteiger partial charge >= 0.3 is 0 Å². The molecule has 1 atom stereocenters. The minimum Gasteiger partial charge on any atom is -0.359 e. The summed E-state index contributed by atoms with van der Waals surface area (Å²) in [6, 6.07) is 0.428. The fourth-order valence-electron chi connectivity index (χ4n) is 2.51. The Morgan fingerprint density at radius 1 is 1.33 bits per heavy atom. The quantitative estimate of drug-likeness (QED) is 0.683. The molecule has 1 spiro atoms. The van der Waals surface area contributed by atoms with Crippen LogP contribution in [0, 0.1) is 0 Å². The van der Waals surface area contributed by atoms with Crippen LogP contribution in [-0.4, -0.2) is 36.7 Å². The van der Waals surface area contributed by atoms with Crippen molar-refractivity contribution >= 4 is 5.91 Å². The molecule has 0 aromatic heterocycles. The highest BCUT2D eigenvalue weighted by atomic mass is 16.5. The van der Waals surface area contributed by atoms with Gasteiger partial charge in [-0.25, -0.2) is 0 Å². The Balaban J connectivity index is 1.52. The van der Waals surface area contributed by atoms with Gasteiger partial charge < -0.3 is 15.4 Å². The molecule has 3 fully saturated rings. The maximum atomic E-state index is 11.8. The molecular formula is C11H18N2O2. The van der Waals surface area contributed by atoms with Crippen LogP contribution in [0.2, 0.25) is 0 Å². The molecule has 1 amide bonds. The molecular weight excluding hydrogens is 192 g/mol. The molecule has 0 radical (unpaired) electrons. The molecule has 0 aromatic carbocycles. The van der Waals surface area contributed by atoms with Gasteiger partial charge in [-0.2, -0.15) is 0 Å². The van der Waals surface area contributed by atoms with E-state index in [0.717, 1.165) is 38.8 Å². The molecule has 4 heteroatoms. The predicted octanol–water partition coefficient (Wildman–Crippen LogP) is 0.176. The topological polar surface area (TPSA) is 50.4 Å². The number of carbonyl (C=O) groups excluding carboxylic acids is 1. The summed E-state index contributed by atoms with van der Waals surface area (Å²) in [6.07, 6.45) is 5.27. The highest BCUT2D eigenvalue weighted by Crippen LogP contribution is 2.33. The van der Waals surface area contributed by atoms with Crippen LogP contribution in [0.1, 0.15) is 32.1 Å². The summed E-state index contributed by atoms with van der Waals surface area (Å²) in [6.45, 7) is 1.83. The number of carbonyl (C=O) groups is 1. The Labute approximate surface area is 89.7 Å². The molecule has 1 aliphatic carbocycles. The van der Waals surface area contributed by atoms with E-state index in [-0.39, 0.29) is 17.6 Å². The van der Waals surface area contributed by atoms with Crippen molar-refractivity contribution in [3.05, 3.63) is 0 Å². The minimum atomic E-state index is -0.187. The largest absolute Gasteiger partial charge is 0.359 e. The standard InChI is InChI=1S/C11H18N2O2/c14-10(13-8-2-1-3-8)9-4-5-11(15-9)6-12-7-11/h8-9,12H,1-7H2,(H,13,14). The predicted molar refractivity (Wildman–Crippen MR) is 55.5 cm³/mol. The first-order valence-electron chi connectivity index (χ1n) is 5.96. The van der Waals surface area contributed by atoms with Crippen LogP contribution in [0.25, 0.3) is 0 Å². The van der Waals surface area contributed by atoms with E-state index in [1.54, 1.807) is 0 Å². The van der Waals surface area contributed by atoms with Crippen molar-refractivity contribution in [2.45, 2.75) is 49.9 Å². The van der Waals surface area contributed by atoms with Crippen molar-refractivity contribution in [3.63, 3.8) is 0 Å². The lowest BCUT2D eigenvalue weighted by Gasteiger charge is -2.38. The molecule has 84 valence electrons. The van der Waals surface area contributed by atoms with E-state index in [4.69, 9.17) is 4.74 Å². The van der Waals surface area contributed by atoms with Gasteiger partial charge in [-0.1, -0.05) is 0 Å². The number of rotatable bonds is 2. The first-order valence-corrected chi connectivity index (χ1v) is 5.96. The highest BCUT2D eigenvalue weighted by molar-refractivity contribution is 5.81. The Morgan fingerprint density at radius 2 is 2.13 bits per heavy atom. The van der Waals surface area contributed by atoms with Crippen LogP contribution in [0.3, 0.4) is 0 Å². The second kappa shape index (κ2) is 3.46. The van der Waals surface area contributed by atoms with Crippen molar-refractivity contribution in [3.8, 4) is 0 Å². The molecule has 2 N–H and O–H groups in total. The average molecular weight is 210 g/mol. The molecule has 4 nitrogen and oxygen atoms in total. The SMILES string of the molecule is O=C(NC1CCC1)C1CCC2(CNC2)O1. The van der Waals surface area contributed by atoms with Crippen molar-refractivity contribution in [1.82, 2.24) is 10.6 Å². The fourth-order valence-corrected chi connectivity index (χ4v) is 2.51. The number of ether oxygens (including phenoxy) is 1. The number of nitrogens with one attached hydrogen (secondary N) is 2. The zero-order valence-electron chi connectivity index (χ0n) is 8.92. The van der Waals surface area contributed by atoms with E-state index in [1.807, 2.05) is 0 Å². The summed E-state index contributed by atoms with van der Waals surface area (Å²) in [5.41, 5.74) is 0.00161. The maximum absolute atomic E-state index is 11.8. The van der Waals surface area contributed by atoms with E-state index in [1.165, 1.54) is 6.42 Å². The highest BCUT2D eigenvalue weighted by Gasteiger charge is 2.47. The number of amides is 1. The van der Waals surface area contributed by atoms with Crippen molar-refractivity contribution in [1.29, 1.82) is 0 Å². The molecule has 2 aliphatic heterocycles. The first kappa shape index (κ1) is 9.60. The zero-order valence-corrected chi connectivity index (χ0v) is 8.92. The number of hydrogen-bond acceptors (Lipinski definition) is 3. The van der Waals surface area contributed by atoms with Crippen molar-refractivity contribution < 1.29 is 9.53 Å². The smallest absolute Gasteiger partial charge is 0.249 e. The average Bonchev–Trinajstić information content (AvgIpc) is 2.54. The lowest BCUT2D eigenvalue weighted by molar-refractivity contribution is -0.141. The molecule has 1 unspecified atom stereocenters. The van der Waals surface area contributed by atoms with Gasteiger partial charge in [0.2, 0.25) is 5.91 Å². The molecule has 0 aromatic rings. The molecule has 0 bridgehead atoms. The summed E-state index contributed by atoms with van der Waals surface area (Å²) >= 11 is 0. The van der Waals surface area contributed by atoms with Crippen LogP contribution in [-0.2, 0) is 9.53 Å². The second-order valence-electron chi connectivity index (χ2n) is 5.07. The Hall–Kier alpha value is -0.610. The van der Waals surface area contributed by atoms with Gasteiger partial charge in [0, 0.05) is 19.1 Å². The number of hydrogen-bond donors (Lipinski definition) is 2. The lowest BCUT2D eigenvalue weighted by atomic mass is 9.92. The van der Waals surface area contributed by atoms with Crippen LogP contribution in [0.5, 0.6) is 0 Å². The van der Waals surface area contributed by atoms with E-state index >= 15 is 0 Å². The normalized spacial score (nSPS) is 33.5. The lowest BCUT2D eigenvalue weighted by Crippen LogP contribution is -2.60. The molecule has 15 heavy (non-hydrogen) atoms. The van der Waals surface area contributed by atoms with Crippen molar-refractivity contribution in [2.24, 2.45) is 0 Å². The zero-order chi connectivity index (χ0) is 10.3. The van der Waals surface area contributed by atoms with Crippen LogP contribution < -0.4 is 10.6 Å². The minimum absolute atomic E-state index is 0.00161. The van der Waals surface area contributed by atoms with Gasteiger partial charge in [0.05, 0.1) is 5.60 Å². The summed E-state index contributed by atoms with van der Waals surface area (Å²) in [5.74, 6) is 0.114. The van der Waals surface area contributed by atoms with Gasteiger partial charge in [-0.05, 0) is 32.1 Å². The third-order valence-corrected chi connectivity index (χ3v) is 3.89. The Bertz CT molecular complexity index is 272. The Kier molecular flexibility index (Phi) is 2.21. The van der Waals surface area contributed by atoms with Crippen LogP contribution >= 0.6 is 0 Å². The summed E-state index contributed by atoms with van der Waals surface area (Å²) in [4.78, 5) is 11.8. The van der Waals surface area contributed by atoms with Gasteiger partial charge in [-0.15, -0.1) is 0 Å². The van der Waals surface area contributed by atoms with E-state index in [2.05, 4.69) is 10.6 Å². The molecule has 3 rings (SSSR count). The van der Waals surface area contributed by atoms with E-state index < -0.39 is 0 Å². The third-order valence-electron chi connectivity index (χ3n) is 3.89. The monoisotopic (exact) mass is 210 g/mol. The summed E-state index contributed by atoms with van der Waals surface area (Å²) in [7, 11) is 0. The Morgan fingerprint density at radius 3 is 2.60 bits per heavy atom. The van der Waals surface area contributed by atoms with Crippen molar-refractivity contribution in [2.75, 3.05) is 13.1 Å². The molecule has 2 heterocycles. The molecule has 3 aliphatic rings. The summed E-state index contributed by atoms with van der Waals surface area (Å²) in [5, 5.41) is 6.27. The van der Waals surface area contributed by atoms with Gasteiger partial charge in [0.1, 0.15) is 6.10 Å². The van der Waals surface area contributed by atoms with Crippen LogP contribution in [0.4, 0.5) is 0 Å². The molecule has 2 saturated heterocycles. The van der Waals surface area contributed by atoms with Gasteiger partial charge in [0.25, 0.3) is 0 Å². The maximum Gasteiger partial charge on any atom is 0.249 e. The third kappa shape index (κ3) is 1.66. The fraction of sp³-hybridized carbons (Fsp3) is 0.909. The van der Waals surface area contributed by atoms with E-state index in [9.17, 15) is 4.79 Å². The summed E-state index contributed by atoms with van der Waals surface area (Å²) < 4.78 is 5.84. The first-order chi connectivity index (χ1) is 7.27. The van der Waals surface area contributed by atoms with Gasteiger partial charge in [-0.3, -0.25) is 4.79 Å². The van der Waals surface area contributed by atoms with Gasteiger partial charge in [0.15, 0.2) is 0 Å². The second-order valence-corrected chi connectivity index (χ2v) is 5.07. The van der Waals surface area contributed by atoms with Crippen LogP contribution in [0.15, 0.2) is 0 Å². The molecule has 1 saturated carbocycles. The van der Waals surface area contributed by atoms with E-state index in [0.29, 0.717) is 6.04 Å².